The molecule has 0 fully saturated rings. The van der Waals surface area contributed by atoms with Crippen molar-refractivity contribution in [2.24, 2.45) is 0 Å². The summed E-state index contributed by atoms with van der Waals surface area (Å²) in [6.45, 7) is 1.02. The molecule has 10 heavy (non-hydrogen) atoms. The van der Waals surface area contributed by atoms with Crippen LogP contribution in [0.25, 0.3) is 0 Å². The molecule has 0 aliphatic carbocycles. The van der Waals surface area contributed by atoms with E-state index in [4.69, 9.17) is 4.74 Å². The van der Waals surface area contributed by atoms with Crippen LogP contribution in [-0.2, 0) is 14.3 Å². The van der Waals surface area contributed by atoms with Gasteiger partial charge in [-0.1, -0.05) is 0 Å². The quantitative estimate of drug-likeness (QED) is 0.409. The van der Waals surface area contributed by atoms with E-state index in [1.165, 1.54) is 0 Å². The fourth-order valence-corrected chi connectivity index (χ4v) is 0.397. The monoisotopic (exact) mass is 150 g/mol. The first-order valence-electron chi connectivity index (χ1n) is 3.02. The molecule has 0 aromatic heterocycles. The van der Waals surface area contributed by atoms with Crippen molar-refractivity contribution in [2.75, 3.05) is 26.9 Å². The first-order valence-corrected chi connectivity index (χ1v) is 3.02. The second-order valence-corrected chi connectivity index (χ2v) is 1.71. The third-order valence-corrected chi connectivity index (χ3v) is 0.875. The van der Waals surface area contributed by atoms with Gasteiger partial charge >= 0.3 is 6.04 Å². The molecule has 0 aromatic rings. The lowest BCUT2D eigenvalue weighted by Crippen LogP contribution is -2.04. The van der Waals surface area contributed by atoms with Crippen LogP contribution < -0.4 is 0 Å². The molecule has 0 unspecified atom stereocenters. The van der Waals surface area contributed by atoms with Crippen LogP contribution in [0, 0.1) is 0 Å². The normalized spacial score (nSPS) is 9.80. The third-order valence-electron chi connectivity index (χ3n) is 0.875. The summed E-state index contributed by atoms with van der Waals surface area (Å²) in [5.41, 5.74) is 0. The van der Waals surface area contributed by atoms with E-state index in [1.54, 1.807) is 7.11 Å². The van der Waals surface area contributed by atoms with Crippen molar-refractivity contribution in [1.82, 2.24) is 0 Å². The van der Waals surface area contributed by atoms with Crippen LogP contribution >= 0.6 is 0 Å². The average Bonchev–Trinajstić information content (AvgIpc) is 1.87. The number of carbonyl (C=O) groups is 1. The van der Waals surface area contributed by atoms with Gasteiger partial charge in [-0.25, -0.2) is 0 Å². The van der Waals surface area contributed by atoms with Gasteiger partial charge in [-0.3, -0.25) is 4.79 Å². The van der Waals surface area contributed by atoms with Gasteiger partial charge in [-0.05, 0) is 0 Å². The molecule has 0 saturated carbocycles. The van der Waals surface area contributed by atoms with Crippen molar-refractivity contribution in [3.8, 4) is 0 Å². The lowest BCUT2D eigenvalue weighted by Gasteiger charge is -1.98. The largest absolute Gasteiger partial charge is 0.382 e. The van der Waals surface area contributed by atoms with E-state index < -0.39 is 6.04 Å². The fraction of sp³-hybridized carbons (Fsp3) is 0.833. The lowest BCUT2D eigenvalue weighted by atomic mass is 10.5. The molecule has 3 nitrogen and oxygen atoms in total. The number of halogens is 1. The number of rotatable bonds is 6. The van der Waals surface area contributed by atoms with Gasteiger partial charge in [0.15, 0.2) is 0 Å². The summed E-state index contributed by atoms with van der Waals surface area (Å²) in [5.74, 6) is 0. The van der Waals surface area contributed by atoms with E-state index in [0.29, 0.717) is 13.2 Å². The SMILES string of the molecule is COCCOCCC(=O)F. The molecule has 0 aliphatic rings. The minimum atomic E-state index is -1.34. The molecular formula is C6H11FO3. The van der Waals surface area contributed by atoms with Crippen molar-refractivity contribution >= 4 is 6.04 Å². The topological polar surface area (TPSA) is 35.5 Å². The highest BCUT2D eigenvalue weighted by molar-refractivity contribution is 5.67. The van der Waals surface area contributed by atoms with Gasteiger partial charge < -0.3 is 9.47 Å². The Bertz CT molecular complexity index is 95.0. The molecule has 0 atom stereocenters. The van der Waals surface area contributed by atoms with Crippen molar-refractivity contribution in [1.29, 1.82) is 0 Å². The van der Waals surface area contributed by atoms with Crippen molar-refractivity contribution in [3.05, 3.63) is 0 Å². The maximum absolute atomic E-state index is 11.5. The maximum atomic E-state index is 11.5. The summed E-state index contributed by atoms with van der Waals surface area (Å²) in [5, 5.41) is 0. The summed E-state index contributed by atoms with van der Waals surface area (Å²) in [4.78, 5) is 9.70. The van der Waals surface area contributed by atoms with Crippen LogP contribution in [0.4, 0.5) is 4.39 Å². The highest BCUT2D eigenvalue weighted by Crippen LogP contribution is 1.85. The van der Waals surface area contributed by atoms with Crippen LogP contribution in [0.5, 0.6) is 0 Å². The van der Waals surface area contributed by atoms with Crippen LogP contribution in [0.3, 0.4) is 0 Å². The molecular weight excluding hydrogens is 139 g/mol. The fourth-order valence-electron chi connectivity index (χ4n) is 0.397. The third kappa shape index (κ3) is 7.52. The molecule has 0 amide bonds. The Morgan fingerprint density at radius 2 is 2.10 bits per heavy atom. The van der Waals surface area contributed by atoms with Gasteiger partial charge in [0.05, 0.1) is 26.2 Å². The Hall–Kier alpha value is -0.480. The number of hydrogen-bond acceptors (Lipinski definition) is 3. The predicted molar refractivity (Wildman–Crippen MR) is 33.4 cm³/mol. The molecule has 4 heteroatoms. The number of carbonyl (C=O) groups excluding carboxylic acids is 1. The lowest BCUT2D eigenvalue weighted by molar-refractivity contribution is -0.130. The van der Waals surface area contributed by atoms with E-state index in [1.807, 2.05) is 0 Å². The second-order valence-electron chi connectivity index (χ2n) is 1.71. The summed E-state index contributed by atoms with van der Waals surface area (Å²) in [6, 6.07) is -1.34. The molecule has 0 rings (SSSR count). The zero-order chi connectivity index (χ0) is 7.82. The molecule has 0 bridgehead atoms. The predicted octanol–water partition coefficient (Wildman–Crippen LogP) is 0.536. The first kappa shape index (κ1) is 9.52. The van der Waals surface area contributed by atoms with Crippen molar-refractivity contribution in [2.45, 2.75) is 6.42 Å². The first-order chi connectivity index (χ1) is 4.77. The van der Waals surface area contributed by atoms with Gasteiger partial charge in [0, 0.05) is 7.11 Å². The summed E-state index contributed by atoms with van der Waals surface area (Å²) < 4.78 is 20.9. The number of ether oxygens (including phenoxy) is 2. The Morgan fingerprint density at radius 1 is 1.40 bits per heavy atom. The Kier molecular flexibility index (Phi) is 6.32. The molecule has 0 N–H and O–H groups in total. The van der Waals surface area contributed by atoms with Gasteiger partial charge in [-0.2, -0.15) is 4.39 Å². The van der Waals surface area contributed by atoms with E-state index in [2.05, 4.69) is 4.74 Å². The zero-order valence-electron chi connectivity index (χ0n) is 5.93. The Balaban J connectivity index is 2.84. The van der Waals surface area contributed by atoms with Gasteiger partial charge in [0.2, 0.25) is 0 Å². The van der Waals surface area contributed by atoms with E-state index in [-0.39, 0.29) is 13.0 Å². The van der Waals surface area contributed by atoms with E-state index in [9.17, 15) is 9.18 Å². The highest BCUT2D eigenvalue weighted by Gasteiger charge is 1.95. The second kappa shape index (κ2) is 6.64. The number of methoxy groups -OCH3 is 1. The van der Waals surface area contributed by atoms with Crippen LogP contribution in [-0.4, -0.2) is 33.0 Å². The summed E-state index contributed by atoms with van der Waals surface area (Å²) >= 11 is 0. The molecule has 0 aromatic carbocycles. The molecule has 0 heterocycles. The van der Waals surface area contributed by atoms with Crippen molar-refractivity contribution in [3.63, 3.8) is 0 Å². The van der Waals surface area contributed by atoms with Crippen LogP contribution in [0.2, 0.25) is 0 Å². The van der Waals surface area contributed by atoms with Crippen molar-refractivity contribution < 1.29 is 18.7 Å². The minimum absolute atomic E-state index is 0.138. The van der Waals surface area contributed by atoms with E-state index in [0.717, 1.165) is 0 Å². The van der Waals surface area contributed by atoms with Gasteiger partial charge in [0.1, 0.15) is 0 Å². The molecule has 0 saturated heterocycles. The van der Waals surface area contributed by atoms with Gasteiger partial charge in [0.25, 0.3) is 0 Å². The molecule has 0 radical (unpaired) electrons. The average molecular weight is 150 g/mol. The summed E-state index contributed by atoms with van der Waals surface area (Å²) in [6.07, 6.45) is -0.163. The van der Waals surface area contributed by atoms with E-state index >= 15 is 0 Å². The Morgan fingerprint density at radius 3 is 2.60 bits per heavy atom. The standard InChI is InChI=1S/C6H11FO3/c1-9-4-5-10-3-2-6(7)8/h2-5H2,1H3. The molecule has 0 aliphatic heterocycles. The van der Waals surface area contributed by atoms with Gasteiger partial charge in [-0.15, -0.1) is 0 Å². The molecule has 60 valence electrons. The summed E-state index contributed by atoms with van der Waals surface area (Å²) in [7, 11) is 1.55. The maximum Gasteiger partial charge on any atom is 0.303 e. The Labute approximate surface area is 59.1 Å². The minimum Gasteiger partial charge on any atom is -0.382 e. The smallest absolute Gasteiger partial charge is 0.303 e. The highest BCUT2D eigenvalue weighted by atomic mass is 19.1. The molecule has 0 spiro atoms. The number of hydrogen-bond donors (Lipinski definition) is 0. The zero-order valence-corrected chi connectivity index (χ0v) is 5.93. The van der Waals surface area contributed by atoms with Crippen LogP contribution in [0.15, 0.2) is 0 Å². The van der Waals surface area contributed by atoms with Crippen LogP contribution in [0.1, 0.15) is 6.42 Å².